The molecule has 31 heavy (non-hydrogen) atoms. The third-order valence-electron chi connectivity index (χ3n) is 4.86. The number of nitrogens with one attached hydrogen (secondary N) is 2. The van der Waals surface area contributed by atoms with Crippen molar-refractivity contribution in [2.45, 2.75) is 30.2 Å². The molecule has 12 heteroatoms. The van der Waals surface area contributed by atoms with Gasteiger partial charge in [0.1, 0.15) is 12.0 Å². The Kier molecular flexibility index (Phi) is 5.21. The van der Waals surface area contributed by atoms with Gasteiger partial charge in [0.05, 0.1) is 22.7 Å². The third-order valence-corrected chi connectivity index (χ3v) is 6.28. The Labute approximate surface area is 175 Å². The summed E-state index contributed by atoms with van der Waals surface area (Å²) in [6, 6.07) is 7.94. The number of sulfonamides is 1. The predicted molar refractivity (Wildman–Crippen MR) is 105 cm³/mol. The van der Waals surface area contributed by atoms with E-state index in [2.05, 4.69) is 20.1 Å². The number of anilines is 2. The van der Waals surface area contributed by atoms with Gasteiger partial charge >= 0.3 is 6.18 Å². The zero-order valence-electron chi connectivity index (χ0n) is 16.1. The molecule has 0 fully saturated rings. The lowest BCUT2D eigenvalue weighted by molar-refractivity contribution is -0.137. The molecule has 0 aliphatic carbocycles. The number of hydrogen-bond donors (Lipinski definition) is 2. The Morgan fingerprint density at radius 3 is 2.55 bits per heavy atom. The standard InChI is InChI=1S/C19H17F4N5O2S/c1-24-31(29,30)14-3-4-16(26-18-5-2-11(9-25-18)19(21,22)23)15(8-14)17-7-13-6-12(20)10-28(13)27-17/h2-5,7-9,12,24H,6,10H2,1H3,(H,25,26)/t12-/m1/s1. The molecule has 0 saturated carbocycles. The molecule has 0 spiro atoms. The highest BCUT2D eigenvalue weighted by Crippen LogP contribution is 2.34. The van der Waals surface area contributed by atoms with Crippen LogP contribution in [0.4, 0.5) is 29.1 Å². The van der Waals surface area contributed by atoms with Crippen molar-refractivity contribution in [2.75, 3.05) is 12.4 Å². The first-order valence-corrected chi connectivity index (χ1v) is 10.6. The number of rotatable bonds is 5. The minimum absolute atomic E-state index is 0.0209. The fourth-order valence-corrected chi connectivity index (χ4v) is 4.05. The monoisotopic (exact) mass is 455 g/mol. The van der Waals surface area contributed by atoms with Crippen molar-refractivity contribution < 1.29 is 26.0 Å². The Morgan fingerprint density at radius 2 is 1.94 bits per heavy atom. The fourth-order valence-electron chi connectivity index (χ4n) is 3.29. The topological polar surface area (TPSA) is 88.9 Å². The van der Waals surface area contributed by atoms with Crippen LogP contribution in [0.25, 0.3) is 11.3 Å². The highest BCUT2D eigenvalue weighted by atomic mass is 32.2. The van der Waals surface area contributed by atoms with E-state index >= 15 is 0 Å². The minimum Gasteiger partial charge on any atom is -0.340 e. The number of fused-ring (bicyclic) bond motifs is 1. The van der Waals surface area contributed by atoms with Gasteiger partial charge in [-0.05, 0) is 43.4 Å². The zero-order chi connectivity index (χ0) is 22.4. The number of hydrogen-bond acceptors (Lipinski definition) is 5. The van der Waals surface area contributed by atoms with E-state index < -0.39 is 27.9 Å². The fraction of sp³-hybridized carbons (Fsp3) is 0.263. The van der Waals surface area contributed by atoms with E-state index in [1.807, 2.05) is 0 Å². The number of benzene rings is 1. The average Bonchev–Trinajstić information content (AvgIpc) is 3.25. The summed E-state index contributed by atoms with van der Waals surface area (Å²) in [5, 5.41) is 7.26. The quantitative estimate of drug-likeness (QED) is 0.575. The van der Waals surface area contributed by atoms with Crippen LogP contribution in [0.5, 0.6) is 0 Å². The van der Waals surface area contributed by atoms with Gasteiger partial charge in [-0.15, -0.1) is 0 Å². The van der Waals surface area contributed by atoms with Crippen LogP contribution in [0, 0.1) is 0 Å². The number of aromatic nitrogens is 3. The van der Waals surface area contributed by atoms with Crippen molar-refractivity contribution in [1.82, 2.24) is 19.5 Å². The average molecular weight is 455 g/mol. The summed E-state index contributed by atoms with van der Waals surface area (Å²) in [6.45, 7) is 0.104. The molecule has 1 aromatic carbocycles. The van der Waals surface area contributed by atoms with E-state index in [0.717, 1.165) is 6.07 Å². The van der Waals surface area contributed by atoms with Crippen LogP contribution in [0.15, 0.2) is 47.5 Å². The van der Waals surface area contributed by atoms with Crippen LogP contribution in [0.3, 0.4) is 0 Å². The van der Waals surface area contributed by atoms with Gasteiger partial charge in [0.15, 0.2) is 0 Å². The van der Waals surface area contributed by atoms with Crippen molar-refractivity contribution in [3.05, 3.63) is 53.9 Å². The van der Waals surface area contributed by atoms with Gasteiger partial charge in [-0.1, -0.05) is 0 Å². The molecule has 4 rings (SSSR count). The summed E-state index contributed by atoms with van der Waals surface area (Å²) in [6.07, 6.45) is -4.63. The first kappa shape index (κ1) is 21.2. The second kappa shape index (κ2) is 7.61. The van der Waals surface area contributed by atoms with Gasteiger partial charge in [-0.2, -0.15) is 18.3 Å². The lowest BCUT2D eigenvalue weighted by Crippen LogP contribution is -2.18. The maximum absolute atomic E-state index is 13.6. The van der Waals surface area contributed by atoms with E-state index in [-0.39, 0.29) is 23.7 Å². The van der Waals surface area contributed by atoms with E-state index in [4.69, 9.17) is 0 Å². The van der Waals surface area contributed by atoms with Gasteiger partial charge in [0, 0.05) is 29.6 Å². The Hall–Kier alpha value is -2.99. The SMILES string of the molecule is CNS(=O)(=O)c1ccc(Nc2ccc(C(F)(F)F)cn2)c(-c2cc3n(n2)C[C@H](F)C3)c1. The molecule has 0 saturated heterocycles. The van der Waals surface area contributed by atoms with Crippen LogP contribution < -0.4 is 10.0 Å². The molecule has 2 N–H and O–H groups in total. The lowest BCUT2D eigenvalue weighted by Gasteiger charge is -2.13. The van der Waals surface area contributed by atoms with Gasteiger partial charge in [-0.3, -0.25) is 4.68 Å². The normalized spacial score (nSPS) is 16.4. The highest BCUT2D eigenvalue weighted by molar-refractivity contribution is 7.89. The summed E-state index contributed by atoms with van der Waals surface area (Å²) in [5.41, 5.74) is 0.957. The second-order valence-electron chi connectivity index (χ2n) is 6.97. The highest BCUT2D eigenvalue weighted by Gasteiger charge is 2.30. The second-order valence-corrected chi connectivity index (χ2v) is 8.86. The summed E-state index contributed by atoms with van der Waals surface area (Å²) in [5.74, 6) is 0.133. The van der Waals surface area contributed by atoms with Crippen LogP contribution in [-0.4, -0.2) is 36.4 Å². The van der Waals surface area contributed by atoms with Gasteiger partial charge in [0.2, 0.25) is 10.0 Å². The van der Waals surface area contributed by atoms with Gasteiger partial charge < -0.3 is 5.32 Å². The van der Waals surface area contributed by atoms with Crippen molar-refractivity contribution in [3.63, 3.8) is 0 Å². The van der Waals surface area contributed by atoms with E-state index in [9.17, 15) is 26.0 Å². The maximum atomic E-state index is 13.6. The molecule has 3 heterocycles. The Balaban J connectivity index is 1.74. The summed E-state index contributed by atoms with van der Waals surface area (Å²) in [7, 11) is -2.48. The molecule has 0 radical (unpaired) electrons. The molecular weight excluding hydrogens is 438 g/mol. The van der Waals surface area contributed by atoms with E-state index in [1.165, 1.54) is 36.0 Å². The Morgan fingerprint density at radius 1 is 1.16 bits per heavy atom. The van der Waals surface area contributed by atoms with E-state index in [0.29, 0.717) is 28.8 Å². The molecule has 0 amide bonds. The summed E-state index contributed by atoms with van der Waals surface area (Å²) < 4.78 is 80.1. The first-order chi connectivity index (χ1) is 14.6. The molecule has 7 nitrogen and oxygen atoms in total. The third kappa shape index (κ3) is 4.26. The van der Waals surface area contributed by atoms with E-state index in [1.54, 1.807) is 6.07 Å². The lowest BCUT2D eigenvalue weighted by atomic mass is 10.1. The van der Waals surface area contributed by atoms with Crippen LogP contribution in [0.2, 0.25) is 0 Å². The van der Waals surface area contributed by atoms with Crippen molar-refractivity contribution in [2.24, 2.45) is 0 Å². The molecule has 0 bridgehead atoms. The summed E-state index contributed by atoms with van der Waals surface area (Å²) >= 11 is 0. The van der Waals surface area contributed by atoms with Gasteiger partial charge in [-0.25, -0.2) is 22.5 Å². The Bertz CT molecular complexity index is 1200. The number of alkyl halides is 4. The molecule has 2 aromatic heterocycles. The van der Waals surface area contributed by atoms with Crippen LogP contribution in [0.1, 0.15) is 11.3 Å². The molecule has 1 aliphatic rings. The van der Waals surface area contributed by atoms with Crippen molar-refractivity contribution >= 4 is 21.5 Å². The van der Waals surface area contributed by atoms with Crippen LogP contribution >= 0.6 is 0 Å². The van der Waals surface area contributed by atoms with Gasteiger partial charge in [0.25, 0.3) is 0 Å². The molecule has 0 unspecified atom stereocenters. The number of nitrogens with zero attached hydrogens (tertiary/aromatic N) is 3. The molecule has 1 aliphatic heterocycles. The van der Waals surface area contributed by atoms with Crippen molar-refractivity contribution in [1.29, 1.82) is 0 Å². The first-order valence-electron chi connectivity index (χ1n) is 9.16. The molecule has 164 valence electrons. The molecule has 3 aromatic rings. The number of pyridine rings is 1. The summed E-state index contributed by atoms with van der Waals surface area (Å²) in [4.78, 5) is 3.76. The smallest absolute Gasteiger partial charge is 0.340 e. The molecular formula is C19H17F4N5O2S. The largest absolute Gasteiger partial charge is 0.417 e. The maximum Gasteiger partial charge on any atom is 0.417 e. The number of halogens is 4. The van der Waals surface area contributed by atoms with Crippen LogP contribution in [-0.2, 0) is 29.2 Å². The minimum atomic E-state index is -4.51. The zero-order valence-corrected chi connectivity index (χ0v) is 16.9. The van der Waals surface area contributed by atoms with Crippen molar-refractivity contribution in [3.8, 4) is 11.3 Å². The predicted octanol–water partition coefficient (Wildman–Crippen LogP) is 3.51. The molecule has 1 atom stereocenters.